The van der Waals surface area contributed by atoms with Crippen LogP contribution in [0.5, 0.6) is 0 Å². The van der Waals surface area contributed by atoms with E-state index in [1.165, 1.54) is 15.6 Å². The largest absolute Gasteiger partial charge is 0.376 e. The fourth-order valence-corrected chi connectivity index (χ4v) is 9.69. The van der Waals surface area contributed by atoms with E-state index in [0.29, 0.717) is 17.8 Å². The third-order valence-electron chi connectivity index (χ3n) is 6.39. The Labute approximate surface area is 217 Å². The van der Waals surface area contributed by atoms with Crippen molar-refractivity contribution >= 4 is 58.1 Å². The van der Waals surface area contributed by atoms with Crippen LogP contribution in [-0.4, -0.2) is 39.7 Å². The molecular formula is C27H36N6Si3. The minimum Gasteiger partial charge on any atom is -0.376 e. The molecule has 36 heavy (non-hydrogen) atoms. The second-order valence-electron chi connectivity index (χ2n) is 10.7. The molecule has 0 atom stereocenters. The summed E-state index contributed by atoms with van der Waals surface area (Å²) in [6, 6.07) is 31.7. The molecule has 6 nitrogen and oxygen atoms in total. The highest BCUT2D eigenvalue weighted by Crippen LogP contribution is 2.18. The normalized spacial score (nSPS) is 12.2. The summed E-state index contributed by atoms with van der Waals surface area (Å²) in [4.78, 5) is 25.7. The second kappa shape index (κ2) is 10.4. The fourth-order valence-electron chi connectivity index (χ4n) is 4.16. The summed E-state index contributed by atoms with van der Waals surface area (Å²) in [5, 5.41) is 3.90. The van der Waals surface area contributed by atoms with Gasteiger partial charge in [0.25, 0.3) is 0 Å². The van der Waals surface area contributed by atoms with E-state index in [2.05, 4.69) is 127 Å². The number of aromatic nitrogens is 3. The molecule has 0 aliphatic rings. The number of hydrogen-bond acceptors (Lipinski definition) is 6. The first-order chi connectivity index (χ1) is 17.1. The van der Waals surface area contributed by atoms with Crippen LogP contribution in [-0.2, 0) is 0 Å². The Morgan fingerprint density at radius 1 is 0.389 bits per heavy atom. The summed E-state index contributed by atoms with van der Waals surface area (Å²) in [5.41, 5.74) is 0. The monoisotopic (exact) mass is 528 g/mol. The highest BCUT2D eigenvalue weighted by atomic mass is 28.3. The predicted octanol–water partition coefficient (Wildman–Crippen LogP) is 4.44. The molecule has 1 heterocycles. The van der Waals surface area contributed by atoms with Crippen molar-refractivity contribution in [1.82, 2.24) is 15.0 Å². The molecule has 3 N–H and O–H groups in total. The minimum absolute atomic E-state index is 0.603. The van der Waals surface area contributed by atoms with Crippen LogP contribution < -0.4 is 30.5 Å². The van der Waals surface area contributed by atoms with Gasteiger partial charge in [0.1, 0.15) is 0 Å². The molecule has 0 spiro atoms. The SMILES string of the molecule is C[Si](C)(Nc1nc(N[Si](C)(C)c2ccccc2)nc(N[Si](C)(C)c2ccccc2)n1)c1ccccc1. The molecule has 4 rings (SSSR count). The van der Waals surface area contributed by atoms with E-state index in [1.807, 2.05) is 18.2 Å². The van der Waals surface area contributed by atoms with Gasteiger partial charge in [-0.3, -0.25) is 0 Å². The van der Waals surface area contributed by atoms with Crippen LogP contribution in [0.3, 0.4) is 0 Å². The standard InChI is InChI=1S/C27H36N6Si3/c1-34(2,22-16-10-7-11-17-22)31-25-28-26(32-35(3,4)23-18-12-8-13-19-23)30-27(29-25)33-36(5,6)24-20-14-9-15-21-24/h7-21H,1-6H3,(H3,28,29,30,31,32,33). The molecule has 0 aliphatic heterocycles. The zero-order chi connectivity index (χ0) is 25.8. The number of hydrogen-bond donors (Lipinski definition) is 3. The van der Waals surface area contributed by atoms with E-state index < -0.39 is 24.7 Å². The summed E-state index contributed by atoms with van der Waals surface area (Å²) in [6.07, 6.45) is 0. The zero-order valence-corrected chi connectivity index (χ0v) is 25.0. The van der Waals surface area contributed by atoms with Gasteiger partial charge in [0.15, 0.2) is 24.7 Å². The Hall–Kier alpha value is -3.28. The van der Waals surface area contributed by atoms with Crippen molar-refractivity contribution in [1.29, 1.82) is 0 Å². The Kier molecular flexibility index (Phi) is 7.44. The molecule has 0 saturated carbocycles. The molecule has 0 fully saturated rings. The average Bonchev–Trinajstić information content (AvgIpc) is 2.85. The Morgan fingerprint density at radius 2 is 0.611 bits per heavy atom. The number of anilines is 3. The van der Waals surface area contributed by atoms with Crippen molar-refractivity contribution in [2.45, 2.75) is 39.3 Å². The maximum Gasteiger partial charge on any atom is 0.221 e. The number of benzene rings is 3. The topological polar surface area (TPSA) is 74.8 Å². The van der Waals surface area contributed by atoms with E-state index in [1.54, 1.807) is 0 Å². The van der Waals surface area contributed by atoms with Gasteiger partial charge in [-0.15, -0.1) is 0 Å². The van der Waals surface area contributed by atoms with Gasteiger partial charge < -0.3 is 14.9 Å². The molecule has 0 amide bonds. The van der Waals surface area contributed by atoms with Gasteiger partial charge in [0.2, 0.25) is 17.8 Å². The smallest absolute Gasteiger partial charge is 0.221 e. The molecule has 4 aromatic rings. The Balaban J connectivity index is 1.70. The van der Waals surface area contributed by atoms with Crippen molar-refractivity contribution in [3.05, 3.63) is 91.0 Å². The lowest BCUT2D eigenvalue weighted by atomic mass is 10.4. The lowest BCUT2D eigenvalue weighted by Gasteiger charge is -2.28. The molecule has 9 heteroatoms. The predicted molar refractivity (Wildman–Crippen MR) is 161 cm³/mol. The van der Waals surface area contributed by atoms with Crippen LogP contribution in [0.25, 0.3) is 0 Å². The maximum absolute atomic E-state index is 4.86. The highest BCUT2D eigenvalue weighted by Gasteiger charge is 2.30. The van der Waals surface area contributed by atoms with Gasteiger partial charge in [-0.25, -0.2) is 0 Å². The summed E-state index contributed by atoms with van der Waals surface area (Å²) in [6.45, 7) is 13.7. The second-order valence-corrected chi connectivity index (χ2v) is 22.9. The van der Waals surface area contributed by atoms with Crippen molar-refractivity contribution in [3.8, 4) is 0 Å². The van der Waals surface area contributed by atoms with Gasteiger partial charge >= 0.3 is 0 Å². The zero-order valence-electron chi connectivity index (χ0n) is 22.0. The molecule has 0 bridgehead atoms. The molecule has 1 aromatic heterocycles. The molecule has 3 aromatic carbocycles. The van der Waals surface area contributed by atoms with Crippen molar-refractivity contribution < 1.29 is 0 Å². The van der Waals surface area contributed by atoms with Crippen LogP contribution in [0.1, 0.15) is 0 Å². The molecular weight excluding hydrogens is 493 g/mol. The lowest BCUT2D eigenvalue weighted by molar-refractivity contribution is 1.08. The van der Waals surface area contributed by atoms with Crippen molar-refractivity contribution in [2.24, 2.45) is 0 Å². The van der Waals surface area contributed by atoms with Crippen LogP contribution in [0, 0.1) is 0 Å². The van der Waals surface area contributed by atoms with Crippen molar-refractivity contribution in [3.63, 3.8) is 0 Å². The average molecular weight is 529 g/mol. The summed E-state index contributed by atoms with van der Waals surface area (Å²) in [5.74, 6) is 1.81. The molecule has 0 radical (unpaired) electrons. The van der Waals surface area contributed by atoms with E-state index in [4.69, 9.17) is 15.0 Å². The first-order valence-electron chi connectivity index (χ1n) is 12.3. The summed E-state index contributed by atoms with van der Waals surface area (Å²) >= 11 is 0. The molecule has 0 unspecified atom stereocenters. The first kappa shape index (κ1) is 25.8. The third kappa shape index (κ3) is 6.28. The number of nitrogens with one attached hydrogen (secondary N) is 3. The number of nitrogens with zero attached hydrogens (tertiary/aromatic N) is 3. The van der Waals surface area contributed by atoms with Gasteiger partial charge in [-0.05, 0) is 54.8 Å². The number of rotatable bonds is 9. The van der Waals surface area contributed by atoms with E-state index in [0.717, 1.165) is 0 Å². The molecule has 0 saturated heterocycles. The van der Waals surface area contributed by atoms with E-state index in [-0.39, 0.29) is 0 Å². The van der Waals surface area contributed by atoms with Crippen LogP contribution >= 0.6 is 0 Å². The Bertz CT molecular complexity index is 1110. The first-order valence-corrected chi connectivity index (χ1v) is 21.3. The highest BCUT2D eigenvalue weighted by molar-refractivity contribution is 6.93. The van der Waals surface area contributed by atoms with Gasteiger partial charge in [0.05, 0.1) is 0 Å². The van der Waals surface area contributed by atoms with Gasteiger partial charge in [-0.1, -0.05) is 91.0 Å². The summed E-state index contributed by atoms with van der Waals surface area (Å²) in [7, 11) is -6.14. The van der Waals surface area contributed by atoms with Crippen LogP contribution in [0.2, 0.25) is 39.3 Å². The van der Waals surface area contributed by atoms with E-state index >= 15 is 0 Å². The van der Waals surface area contributed by atoms with Crippen LogP contribution in [0.15, 0.2) is 91.0 Å². The third-order valence-corrected chi connectivity index (χ3v) is 14.3. The van der Waals surface area contributed by atoms with E-state index in [9.17, 15) is 0 Å². The summed E-state index contributed by atoms with van der Waals surface area (Å²) < 4.78 is 0. The molecule has 0 aliphatic carbocycles. The van der Waals surface area contributed by atoms with Gasteiger partial charge in [-0.2, -0.15) is 15.0 Å². The fraction of sp³-hybridized carbons (Fsp3) is 0.222. The Morgan fingerprint density at radius 3 is 0.833 bits per heavy atom. The lowest BCUT2D eigenvalue weighted by Crippen LogP contribution is -2.52. The van der Waals surface area contributed by atoms with Crippen LogP contribution in [0.4, 0.5) is 17.8 Å². The quantitative estimate of drug-likeness (QED) is 0.279. The van der Waals surface area contributed by atoms with Gasteiger partial charge in [0, 0.05) is 0 Å². The maximum atomic E-state index is 4.86. The molecule has 186 valence electrons. The minimum atomic E-state index is -2.05. The van der Waals surface area contributed by atoms with Crippen molar-refractivity contribution in [2.75, 3.05) is 14.9 Å².